The molecule has 2 rings (SSSR count). The topological polar surface area (TPSA) is 47.3 Å². The zero-order valence-electron chi connectivity index (χ0n) is 10.9. The Morgan fingerprint density at radius 2 is 2.05 bits per heavy atom. The van der Waals surface area contributed by atoms with Crippen LogP contribution in [0.5, 0.6) is 5.75 Å². The van der Waals surface area contributed by atoms with E-state index in [0.717, 1.165) is 20.7 Å². The van der Waals surface area contributed by atoms with E-state index in [1.807, 2.05) is 43.5 Å². The highest BCUT2D eigenvalue weighted by Gasteiger charge is 2.19. The molecule has 5 heteroatoms. The molecule has 0 spiro atoms. The van der Waals surface area contributed by atoms with E-state index in [1.165, 1.54) is 0 Å². The van der Waals surface area contributed by atoms with Gasteiger partial charge < -0.3 is 4.74 Å². The third kappa shape index (κ3) is 3.57. The third-order valence-electron chi connectivity index (χ3n) is 2.63. The van der Waals surface area contributed by atoms with Gasteiger partial charge in [-0.25, -0.2) is 5.43 Å². The zero-order chi connectivity index (χ0) is 13.8. The molecule has 0 bridgehead atoms. The first kappa shape index (κ1) is 14.5. The Labute approximate surface area is 125 Å². The maximum Gasteiger partial charge on any atom is 0.124 e. The van der Waals surface area contributed by atoms with Crippen molar-refractivity contribution in [2.45, 2.75) is 26.0 Å². The van der Waals surface area contributed by atoms with Crippen LogP contribution >= 0.6 is 27.3 Å². The number of nitrogens with one attached hydrogen (secondary N) is 1. The average molecular weight is 341 g/mol. The van der Waals surface area contributed by atoms with Gasteiger partial charge in [0.1, 0.15) is 5.75 Å². The highest BCUT2D eigenvalue weighted by Crippen LogP contribution is 2.34. The van der Waals surface area contributed by atoms with Crippen molar-refractivity contribution in [2.24, 2.45) is 5.84 Å². The Morgan fingerprint density at radius 1 is 1.32 bits per heavy atom. The zero-order valence-corrected chi connectivity index (χ0v) is 13.3. The molecule has 1 atom stereocenters. The fourth-order valence-corrected chi connectivity index (χ4v) is 3.41. The third-order valence-corrected chi connectivity index (χ3v) is 4.39. The lowest BCUT2D eigenvalue weighted by Crippen LogP contribution is -2.28. The smallest absolute Gasteiger partial charge is 0.124 e. The predicted molar refractivity (Wildman–Crippen MR) is 83.4 cm³/mol. The molecule has 0 aliphatic carbocycles. The molecule has 1 heterocycles. The van der Waals surface area contributed by atoms with Gasteiger partial charge in [0.15, 0.2) is 0 Å². The summed E-state index contributed by atoms with van der Waals surface area (Å²) in [4.78, 5) is 1.15. The first-order chi connectivity index (χ1) is 9.11. The van der Waals surface area contributed by atoms with Gasteiger partial charge >= 0.3 is 0 Å². The summed E-state index contributed by atoms with van der Waals surface area (Å²) in [5.74, 6) is 6.60. The molecule has 0 fully saturated rings. The van der Waals surface area contributed by atoms with Crippen molar-refractivity contribution < 1.29 is 4.74 Å². The molecule has 2 aromatic rings. The summed E-state index contributed by atoms with van der Waals surface area (Å²) in [6.45, 7) is 4.03. The van der Waals surface area contributed by atoms with Gasteiger partial charge in [0, 0.05) is 20.3 Å². The second-order valence-electron chi connectivity index (χ2n) is 4.47. The second kappa shape index (κ2) is 6.52. The number of rotatable bonds is 5. The van der Waals surface area contributed by atoms with Crippen LogP contribution in [0.25, 0.3) is 0 Å². The predicted octanol–water partition coefficient (Wildman–Crippen LogP) is 3.85. The van der Waals surface area contributed by atoms with E-state index in [9.17, 15) is 0 Å². The summed E-state index contributed by atoms with van der Waals surface area (Å²) in [5.41, 5.74) is 3.92. The minimum Gasteiger partial charge on any atom is -0.491 e. The second-order valence-corrected chi connectivity index (χ2v) is 6.33. The first-order valence-electron chi connectivity index (χ1n) is 6.07. The van der Waals surface area contributed by atoms with Gasteiger partial charge in [-0.15, -0.1) is 11.3 Å². The van der Waals surface area contributed by atoms with Crippen LogP contribution in [0.2, 0.25) is 0 Å². The average Bonchev–Trinajstić information content (AvgIpc) is 2.78. The van der Waals surface area contributed by atoms with Crippen molar-refractivity contribution in [1.29, 1.82) is 0 Å². The molecule has 3 N–H and O–H groups in total. The summed E-state index contributed by atoms with van der Waals surface area (Å²) in [5, 5.41) is 2.05. The highest BCUT2D eigenvalue weighted by atomic mass is 79.9. The molecule has 0 saturated carbocycles. The molecule has 3 nitrogen and oxygen atoms in total. The number of ether oxygens (including phenoxy) is 1. The quantitative estimate of drug-likeness (QED) is 0.641. The van der Waals surface area contributed by atoms with E-state index in [4.69, 9.17) is 10.6 Å². The summed E-state index contributed by atoms with van der Waals surface area (Å²) in [7, 11) is 0. The fraction of sp³-hybridized carbons (Fsp3) is 0.286. The van der Waals surface area contributed by atoms with Gasteiger partial charge in [0.2, 0.25) is 0 Å². The Morgan fingerprint density at radius 3 is 2.63 bits per heavy atom. The molecule has 0 amide bonds. The lowest BCUT2D eigenvalue weighted by Gasteiger charge is -2.20. The van der Waals surface area contributed by atoms with Crippen LogP contribution in [0, 0.1) is 0 Å². The molecule has 102 valence electrons. The molecule has 0 aliphatic heterocycles. The first-order valence-corrected chi connectivity index (χ1v) is 7.74. The van der Waals surface area contributed by atoms with Crippen LogP contribution in [0.4, 0.5) is 0 Å². The number of hydrogen-bond acceptors (Lipinski definition) is 4. The van der Waals surface area contributed by atoms with Crippen molar-refractivity contribution >= 4 is 27.3 Å². The lowest BCUT2D eigenvalue weighted by atomic mass is 10.0. The van der Waals surface area contributed by atoms with E-state index in [-0.39, 0.29) is 12.1 Å². The Hall–Kier alpha value is -0.880. The maximum atomic E-state index is 5.85. The van der Waals surface area contributed by atoms with E-state index in [1.54, 1.807) is 11.3 Å². The monoisotopic (exact) mass is 340 g/mol. The summed E-state index contributed by atoms with van der Waals surface area (Å²) in [6, 6.07) is 9.99. The molecule has 1 unspecified atom stereocenters. The molecule has 0 saturated heterocycles. The van der Waals surface area contributed by atoms with Gasteiger partial charge in [-0.05, 0) is 41.9 Å². The normalized spacial score (nSPS) is 12.7. The fourth-order valence-electron chi connectivity index (χ4n) is 1.89. The van der Waals surface area contributed by atoms with Gasteiger partial charge in [0.25, 0.3) is 0 Å². The molecule has 1 aromatic carbocycles. The van der Waals surface area contributed by atoms with Gasteiger partial charge in [-0.3, -0.25) is 5.84 Å². The van der Waals surface area contributed by atoms with Crippen LogP contribution in [0.15, 0.2) is 40.2 Å². The molecule has 0 aliphatic rings. The van der Waals surface area contributed by atoms with Crippen molar-refractivity contribution in [3.05, 3.63) is 50.6 Å². The summed E-state index contributed by atoms with van der Waals surface area (Å²) >= 11 is 5.13. The van der Waals surface area contributed by atoms with E-state index >= 15 is 0 Å². The number of halogens is 1. The maximum absolute atomic E-state index is 5.85. The Balaban J connectivity index is 2.38. The minimum atomic E-state index is -0.0637. The Bertz CT molecular complexity index is 542. The van der Waals surface area contributed by atoms with Crippen LogP contribution in [-0.2, 0) is 0 Å². The molecular formula is C14H17BrN2OS. The van der Waals surface area contributed by atoms with Gasteiger partial charge in [-0.1, -0.05) is 18.2 Å². The van der Waals surface area contributed by atoms with E-state index < -0.39 is 0 Å². The van der Waals surface area contributed by atoms with Crippen LogP contribution in [0.3, 0.4) is 0 Å². The summed E-state index contributed by atoms with van der Waals surface area (Å²) in [6.07, 6.45) is 0.134. The largest absolute Gasteiger partial charge is 0.491 e. The van der Waals surface area contributed by atoms with Crippen LogP contribution in [-0.4, -0.2) is 6.10 Å². The van der Waals surface area contributed by atoms with Crippen LogP contribution < -0.4 is 16.0 Å². The standard InChI is InChI=1S/C14H17BrN2OS/c1-9(2)18-12-6-4-3-5-11(12)14(17-16)13-7-10(15)8-19-13/h3-9,14,17H,16H2,1-2H3. The number of hydrazine groups is 1. The molecule has 19 heavy (non-hydrogen) atoms. The lowest BCUT2D eigenvalue weighted by molar-refractivity contribution is 0.238. The molecule has 0 radical (unpaired) electrons. The number of thiophene rings is 1. The van der Waals surface area contributed by atoms with Crippen molar-refractivity contribution in [1.82, 2.24) is 5.43 Å². The SMILES string of the molecule is CC(C)Oc1ccccc1C(NN)c1cc(Br)cs1. The van der Waals surface area contributed by atoms with Crippen molar-refractivity contribution in [3.63, 3.8) is 0 Å². The minimum absolute atomic E-state index is 0.0637. The molecule has 1 aromatic heterocycles. The number of nitrogens with two attached hydrogens (primary N) is 1. The summed E-state index contributed by atoms with van der Waals surface area (Å²) < 4.78 is 6.92. The van der Waals surface area contributed by atoms with E-state index in [2.05, 4.69) is 27.4 Å². The highest BCUT2D eigenvalue weighted by molar-refractivity contribution is 9.10. The van der Waals surface area contributed by atoms with Gasteiger partial charge in [0.05, 0.1) is 12.1 Å². The number of para-hydroxylation sites is 1. The van der Waals surface area contributed by atoms with E-state index in [0.29, 0.717) is 0 Å². The van der Waals surface area contributed by atoms with Crippen LogP contribution in [0.1, 0.15) is 30.3 Å². The van der Waals surface area contributed by atoms with Crippen molar-refractivity contribution in [3.8, 4) is 5.75 Å². The Kier molecular flexibility index (Phi) is 4.99. The molecular weight excluding hydrogens is 324 g/mol. The van der Waals surface area contributed by atoms with Gasteiger partial charge in [-0.2, -0.15) is 0 Å². The number of hydrogen-bond donors (Lipinski definition) is 2. The van der Waals surface area contributed by atoms with Crippen molar-refractivity contribution in [2.75, 3.05) is 0 Å². The number of benzene rings is 1.